The predicted molar refractivity (Wildman–Crippen MR) is 101 cm³/mol. The topological polar surface area (TPSA) is 79.3 Å². The highest BCUT2D eigenvalue weighted by atomic mass is 19.1. The van der Waals surface area contributed by atoms with Crippen LogP contribution in [0.2, 0.25) is 0 Å². The average Bonchev–Trinajstić information content (AvgIpc) is 3.06. The molecule has 4 rings (SSSR count). The Bertz CT molecular complexity index is 881. The van der Waals surface area contributed by atoms with Crippen LogP contribution < -0.4 is 10.6 Å². The molecule has 0 bridgehead atoms. The number of aryl methyl sites for hydroxylation is 1. The molecule has 2 aromatic rings. The Balaban J connectivity index is 1.39. The van der Waals surface area contributed by atoms with E-state index in [1.165, 1.54) is 12.1 Å². The van der Waals surface area contributed by atoms with E-state index in [0.29, 0.717) is 25.3 Å². The Morgan fingerprint density at radius 2 is 2.18 bits per heavy atom. The molecule has 1 fully saturated rings. The van der Waals surface area contributed by atoms with Crippen molar-refractivity contribution in [3.8, 4) is 0 Å². The molecule has 3 amide bonds. The number of rotatable bonds is 3. The lowest BCUT2D eigenvalue weighted by Crippen LogP contribution is -2.44. The number of carbonyl (C=O) groups is 2. The largest absolute Gasteiger partial charge is 0.351 e. The van der Waals surface area contributed by atoms with Crippen LogP contribution >= 0.6 is 0 Å². The minimum atomic E-state index is -0.312. The predicted octanol–water partition coefficient (Wildman–Crippen LogP) is 2.24. The first-order chi connectivity index (χ1) is 13.6. The summed E-state index contributed by atoms with van der Waals surface area (Å²) in [5, 5.41) is 10.4. The Morgan fingerprint density at radius 1 is 1.29 bits per heavy atom. The molecule has 0 radical (unpaired) electrons. The van der Waals surface area contributed by atoms with Gasteiger partial charge in [-0.05, 0) is 43.0 Å². The lowest BCUT2D eigenvalue weighted by atomic mass is 9.95. The third-order valence-electron chi connectivity index (χ3n) is 5.32. The molecular weight excluding hydrogens is 361 g/mol. The maximum absolute atomic E-state index is 13.3. The van der Waals surface area contributed by atoms with E-state index in [0.717, 1.165) is 37.1 Å². The summed E-state index contributed by atoms with van der Waals surface area (Å²) >= 11 is 0. The molecule has 3 heterocycles. The van der Waals surface area contributed by atoms with Crippen LogP contribution in [0.5, 0.6) is 0 Å². The van der Waals surface area contributed by atoms with E-state index in [1.54, 1.807) is 21.7 Å². The number of benzene rings is 1. The van der Waals surface area contributed by atoms with Crippen molar-refractivity contribution < 1.29 is 14.0 Å². The van der Waals surface area contributed by atoms with Crippen LogP contribution in [0.3, 0.4) is 0 Å². The van der Waals surface area contributed by atoms with Gasteiger partial charge in [-0.2, -0.15) is 5.10 Å². The van der Waals surface area contributed by atoms with Gasteiger partial charge in [-0.25, -0.2) is 9.18 Å². The molecule has 8 heteroatoms. The summed E-state index contributed by atoms with van der Waals surface area (Å²) in [5.74, 6) is -0.286. The summed E-state index contributed by atoms with van der Waals surface area (Å²) in [6, 6.07) is 7.92. The van der Waals surface area contributed by atoms with Crippen LogP contribution in [-0.4, -0.2) is 46.3 Å². The Hall–Kier alpha value is -2.90. The van der Waals surface area contributed by atoms with Crippen LogP contribution in [0, 0.1) is 5.82 Å². The Labute approximate surface area is 162 Å². The van der Waals surface area contributed by atoms with Gasteiger partial charge in [0.15, 0.2) is 0 Å². The first-order valence-corrected chi connectivity index (χ1v) is 9.73. The van der Waals surface area contributed by atoms with Crippen LogP contribution in [0.1, 0.15) is 46.9 Å². The van der Waals surface area contributed by atoms with Gasteiger partial charge in [0, 0.05) is 38.6 Å². The van der Waals surface area contributed by atoms with Crippen LogP contribution in [0.25, 0.3) is 0 Å². The SMILES string of the molecule is O=C1NCCCn2nc(C3CCCN(C(=O)NCc4cccc(F)c4)C3)cc21. The number of hydrogen-bond donors (Lipinski definition) is 2. The molecule has 2 aliphatic rings. The van der Waals surface area contributed by atoms with E-state index in [-0.39, 0.29) is 30.2 Å². The van der Waals surface area contributed by atoms with Gasteiger partial charge in [0.25, 0.3) is 5.91 Å². The third kappa shape index (κ3) is 4.00. The van der Waals surface area contributed by atoms with Crippen molar-refractivity contribution >= 4 is 11.9 Å². The molecule has 28 heavy (non-hydrogen) atoms. The number of nitrogens with zero attached hydrogens (tertiary/aromatic N) is 3. The van der Waals surface area contributed by atoms with E-state index in [2.05, 4.69) is 15.7 Å². The van der Waals surface area contributed by atoms with Gasteiger partial charge in [-0.15, -0.1) is 0 Å². The Kier molecular flexibility index (Phi) is 5.27. The first kappa shape index (κ1) is 18.5. The van der Waals surface area contributed by atoms with Gasteiger partial charge < -0.3 is 15.5 Å². The van der Waals surface area contributed by atoms with Crippen molar-refractivity contribution in [1.29, 1.82) is 0 Å². The van der Waals surface area contributed by atoms with Gasteiger partial charge in [0.2, 0.25) is 0 Å². The second-order valence-corrected chi connectivity index (χ2v) is 7.36. The number of piperidine rings is 1. The summed E-state index contributed by atoms with van der Waals surface area (Å²) < 4.78 is 15.1. The van der Waals surface area contributed by atoms with Crippen molar-refractivity contribution in [1.82, 2.24) is 25.3 Å². The van der Waals surface area contributed by atoms with Gasteiger partial charge in [0.1, 0.15) is 11.5 Å². The molecule has 1 aromatic heterocycles. The minimum Gasteiger partial charge on any atom is -0.351 e. The van der Waals surface area contributed by atoms with Gasteiger partial charge in [-0.1, -0.05) is 12.1 Å². The fraction of sp³-hybridized carbons (Fsp3) is 0.450. The maximum Gasteiger partial charge on any atom is 0.317 e. The van der Waals surface area contributed by atoms with Crippen molar-refractivity contribution in [3.63, 3.8) is 0 Å². The molecule has 0 saturated carbocycles. The summed E-state index contributed by atoms with van der Waals surface area (Å²) in [5.41, 5.74) is 2.20. The molecular formula is C20H24FN5O2. The molecule has 0 spiro atoms. The summed E-state index contributed by atoms with van der Waals surface area (Å²) in [7, 11) is 0. The average molecular weight is 385 g/mol. The van der Waals surface area contributed by atoms with Crippen LogP contribution in [0.15, 0.2) is 30.3 Å². The quantitative estimate of drug-likeness (QED) is 0.851. The fourth-order valence-corrected chi connectivity index (χ4v) is 3.85. The number of fused-ring (bicyclic) bond motifs is 1. The highest BCUT2D eigenvalue weighted by molar-refractivity contribution is 5.92. The van der Waals surface area contributed by atoms with E-state index in [1.807, 2.05) is 6.07 Å². The lowest BCUT2D eigenvalue weighted by molar-refractivity contribution is 0.0950. The number of urea groups is 1. The van der Waals surface area contributed by atoms with Crippen LogP contribution in [0.4, 0.5) is 9.18 Å². The highest BCUT2D eigenvalue weighted by Crippen LogP contribution is 2.27. The minimum absolute atomic E-state index is 0.0863. The van der Waals surface area contributed by atoms with E-state index in [4.69, 9.17) is 0 Å². The number of halogens is 1. The molecule has 2 N–H and O–H groups in total. The molecule has 2 aliphatic heterocycles. The molecule has 0 aliphatic carbocycles. The summed E-state index contributed by atoms with van der Waals surface area (Å²) in [6.45, 7) is 2.92. The molecule has 1 saturated heterocycles. The standard InChI is InChI=1S/C20H24FN5O2/c21-16-6-1-4-14(10-16)12-23-20(28)25-8-2-5-15(13-25)17-11-18-19(27)22-7-3-9-26(18)24-17/h1,4,6,10-11,15H,2-3,5,7-9,12-13H2,(H,22,27)(H,23,28). The molecule has 1 atom stereocenters. The normalized spacial score (nSPS) is 19.5. The zero-order valence-electron chi connectivity index (χ0n) is 15.7. The number of carbonyl (C=O) groups excluding carboxylic acids is 2. The van der Waals surface area contributed by atoms with E-state index < -0.39 is 0 Å². The summed E-state index contributed by atoms with van der Waals surface area (Å²) in [4.78, 5) is 26.5. The fourth-order valence-electron chi connectivity index (χ4n) is 3.85. The van der Waals surface area contributed by atoms with E-state index >= 15 is 0 Å². The second-order valence-electron chi connectivity index (χ2n) is 7.36. The Morgan fingerprint density at radius 3 is 3.04 bits per heavy atom. The highest BCUT2D eigenvalue weighted by Gasteiger charge is 2.28. The summed E-state index contributed by atoms with van der Waals surface area (Å²) in [6.07, 6.45) is 2.68. The van der Waals surface area contributed by atoms with Gasteiger partial charge >= 0.3 is 6.03 Å². The number of likely N-dealkylation sites (tertiary alicyclic amines) is 1. The zero-order chi connectivity index (χ0) is 19.5. The zero-order valence-corrected chi connectivity index (χ0v) is 15.7. The number of amides is 3. The van der Waals surface area contributed by atoms with Gasteiger partial charge in [0.05, 0.1) is 5.69 Å². The second kappa shape index (κ2) is 8.00. The van der Waals surface area contributed by atoms with Crippen molar-refractivity contribution in [3.05, 3.63) is 53.1 Å². The van der Waals surface area contributed by atoms with E-state index in [9.17, 15) is 14.0 Å². The lowest BCUT2D eigenvalue weighted by Gasteiger charge is -2.32. The number of hydrogen-bond acceptors (Lipinski definition) is 3. The van der Waals surface area contributed by atoms with Crippen molar-refractivity contribution in [2.24, 2.45) is 0 Å². The number of aromatic nitrogens is 2. The van der Waals surface area contributed by atoms with Crippen molar-refractivity contribution in [2.45, 2.75) is 38.3 Å². The molecule has 1 unspecified atom stereocenters. The maximum atomic E-state index is 13.3. The molecule has 7 nitrogen and oxygen atoms in total. The molecule has 148 valence electrons. The number of nitrogens with one attached hydrogen (secondary N) is 2. The molecule has 1 aromatic carbocycles. The van der Waals surface area contributed by atoms with Gasteiger partial charge in [-0.3, -0.25) is 9.48 Å². The van der Waals surface area contributed by atoms with Crippen molar-refractivity contribution in [2.75, 3.05) is 19.6 Å². The smallest absolute Gasteiger partial charge is 0.317 e. The monoisotopic (exact) mass is 385 g/mol. The first-order valence-electron chi connectivity index (χ1n) is 9.73. The van der Waals surface area contributed by atoms with Crippen LogP contribution in [-0.2, 0) is 13.1 Å². The third-order valence-corrected chi connectivity index (χ3v) is 5.32.